The van der Waals surface area contributed by atoms with Crippen LogP contribution in [0.25, 0.3) is 10.9 Å². The van der Waals surface area contributed by atoms with Crippen LogP contribution in [0.15, 0.2) is 18.2 Å². The molecule has 0 saturated carbocycles. The van der Waals surface area contributed by atoms with Gasteiger partial charge in [0.1, 0.15) is 12.2 Å². The minimum Gasteiger partial charge on any atom is -1.00 e. The molecule has 4 heteroatoms. The lowest BCUT2D eigenvalue weighted by atomic mass is 10.1. The average Bonchev–Trinajstić information content (AvgIpc) is 2.56. The Morgan fingerprint density at radius 2 is 2.20 bits per heavy atom. The Morgan fingerprint density at radius 3 is 3.07 bits per heavy atom. The highest BCUT2D eigenvalue weighted by molar-refractivity contribution is 6.31. The van der Waals surface area contributed by atoms with Crippen molar-refractivity contribution in [3.05, 3.63) is 34.5 Å². The van der Waals surface area contributed by atoms with E-state index in [1.165, 1.54) is 22.2 Å². The van der Waals surface area contributed by atoms with Crippen molar-refractivity contribution in [3.8, 4) is 0 Å². The van der Waals surface area contributed by atoms with Gasteiger partial charge in [-0.15, -0.1) is 0 Å². The Hall–Kier alpha value is -0.990. The maximum Gasteiger partial charge on any atom is 0.185 e. The molecule has 1 aromatic heterocycles. The molecule has 0 saturated heterocycles. The number of benzene rings is 1. The first-order valence-corrected chi connectivity index (χ1v) is 5.09. The molecule has 2 nitrogen and oxygen atoms in total. The quantitative estimate of drug-likeness (QED) is 0.528. The fourth-order valence-corrected chi connectivity index (χ4v) is 2.18. The first-order chi connectivity index (χ1) is 6.84. The Bertz CT molecular complexity index is 529. The summed E-state index contributed by atoms with van der Waals surface area (Å²) in [5, 5.41) is 2.06. The van der Waals surface area contributed by atoms with Crippen LogP contribution in [0.4, 0.5) is 0 Å². The Labute approximate surface area is 98.8 Å². The van der Waals surface area contributed by atoms with E-state index in [0.29, 0.717) is 0 Å². The molecule has 1 aliphatic rings. The standard InChI is InChI=1S/C11H9ClN2.ClH/c12-7-1-2-10-9(5-7)8-3-4-13-6-11(8)14-10;/h1-2,5-6,14H,3-4H2;1H. The molecule has 0 aliphatic carbocycles. The number of hydrogen-bond acceptors (Lipinski definition) is 0. The van der Waals surface area contributed by atoms with Gasteiger partial charge in [-0.05, 0) is 23.8 Å². The third-order valence-electron chi connectivity index (χ3n) is 2.67. The first kappa shape index (κ1) is 10.5. The van der Waals surface area contributed by atoms with Gasteiger partial charge in [-0.2, -0.15) is 0 Å². The van der Waals surface area contributed by atoms with E-state index in [1.54, 1.807) is 0 Å². The predicted molar refractivity (Wildman–Crippen MR) is 58.0 cm³/mol. The van der Waals surface area contributed by atoms with Crippen LogP contribution in [-0.4, -0.2) is 17.7 Å². The molecule has 3 rings (SSSR count). The highest BCUT2D eigenvalue weighted by atomic mass is 35.5. The zero-order valence-corrected chi connectivity index (χ0v) is 9.49. The van der Waals surface area contributed by atoms with Gasteiger partial charge in [0, 0.05) is 22.3 Å². The molecule has 0 atom stereocenters. The largest absolute Gasteiger partial charge is 1.00 e. The van der Waals surface area contributed by atoms with Crippen molar-refractivity contribution >= 4 is 28.7 Å². The Kier molecular flexibility index (Phi) is 2.72. The second-order valence-electron chi connectivity index (χ2n) is 3.56. The van der Waals surface area contributed by atoms with Crippen molar-refractivity contribution in [1.82, 2.24) is 4.98 Å². The number of halogens is 2. The number of H-pyrrole nitrogens is 1. The highest BCUT2D eigenvalue weighted by Gasteiger charge is 2.15. The molecule has 0 radical (unpaired) electrons. The van der Waals surface area contributed by atoms with Gasteiger partial charge < -0.3 is 17.4 Å². The first-order valence-electron chi connectivity index (χ1n) is 4.71. The van der Waals surface area contributed by atoms with Crippen molar-refractivity contribution in [2.75, 3.05) is 6.54 Å². The van der Waals surface area contributed by atoms with Crippen LogP contribution in [0.5, 0.6) is 0 Å². The van der Waals surface area contributed by atoms with Gasteiger partial charge in [-0.25, -0.2) is 4.99 Å². The second-order valence-corrected chi connectivity index (χ2v) is 3.99. The molecule has 1 aromatic carbocycles. The topological polar surface area (TPSA) is 29.8 Å². The third kappa shape index (κ3) is 1.64. The van der Waals surface area contributed by atoms with Crippen molar-refractivity contribution < 1.29 is 17.4 Å². The van der Waals surface area contributed by atoms with Gasteiger partial charge in [0.2, 0.25) is 0 Å². The van der Waals surface area contributed by atoms with E-state index in [1.807, 2.05) is 24.4 Å². The summed E-state index contributed by atoms with van der Waals surface area (Å²) in [4.78, 5) is 6.59. The summed E-state index contributed by atoms with van der Waals surface area (Å²) >= 11 is 5.98. The number of aromatic amines is 1. The van der Waals surface area contributed by atoms with Crippen molar-refractivity contribution in [2.24, 2.45) is 0 Å². The SMILES string of the molecule is Clc1ccc2[nH]c3c(c2c1)CC[NH+]=C3.[Cl-]. The van der Waals surface area contributed by atoms with Crippen LogP contribution in [-0.2, 0) is 6.42 Å². The average molecular weight is 241 g/mol. The summed E-state index contributed by atoms with van der Waals surface area (Å²) in [6.45, 7) is 1.01. The lowest BCUT2D eigenvalue weighted by molar-refractivity contribution is -0.452. The fourth-order valence-electron chi connectivity index (χ4n) is 2.00. The minimum atomic E-state index is 0. The molecular weight excluding hydrogens is 231 g/mol. The molecule has 15 heavy (non-hydrogen) atoms. The van der Waals surface area contributed by atoms with Gasteiger partial charge in [-0.3, -0.25) is 0 Å². The molecule has 78 valence electrons. The summed E-state index contributed by atoms with van der Waals surface area (Å²) in [5.74, 6) is 0. The molecule has 2 aromatic rings. The van der Waals surface area contributed by atoms with E-state index < -0.39 is 0 Å². The molecule has 2 N–H and O–H groups in total. The molecule has 1 aliphatic heterocycles. The number of rotatable bonds is 0. The van der Waals surface area contributed by atoms with Crippen LogP contribution >= 0.6 is 11.6 Å². The highest BCUT2D eigenvalue weighted by Crippen LogP contribution is 2.25. The van der Waals surface area contributed by atoms with Crippen LogP contribution in [0, 0.1) is 0 Å². The molecule has 0 unspecified atom stereocenters. The van der Waals surface area contributed by atoms with Crippen LogP contribution in [0.2, 0.25) is 5.02 Å². The number of fused-ring (bicyclic) bond motifs is 3. The van der Waals surface area contributed by atoms with Gasteiger partial charge in [0.15, 0.2) is 6.21 Å². The Morgan fingerprint density at radius 1 is 1.33 bits per heavy atom. The van der Waals surface area contributed by atoms with Crippen molar-refractivity contribution in [1.29, 1.82) is 0 Å². The van der Waals surface area contributed by atoms with E-state index in [-0.39, 0.29) is 12.4 Å². The predicted octanol–water partition coefficient (Wildman–Crippen LogP) is -2.12. The van der Waals surface area contributed by atoms with Crippen LogP contribution in [0.1, 0.15) is 11.3 Å². The number of nitrogens with one attached hydrogen (secondary N) is 2. The molecule has 0 amide bonds. The summed E-state index contributed by atoms with van der Waals surface area (Å²) in [7, 11) is 0. The van der Waals surface area contributed by atoms with Gasteiger partial charge in [0.25, 0.3) is 0 Å². The van der Waals surface area contributed by atoms with Gasteiger partial charge in [-0.1, -0.05) is 11.6 Å². The maximum atomic E-state index is 5.98. The van der Waals surface area contributed by atoms with E-state index in [9.17, 15) is 0 Å². The maximum absolute atomic E-state index is 5.98. The molecule has 2 heterocycles. The summed E-state index contributed by atoms with van der Waals surface area (Å²) in [6, 6.07) is 5.98. The smallest absolute Gasteiger partial charge is 0.185 e. The zero-order valence-electron chi connectivity index (χ0n) is 7.98. The van der Waals surface area contributed by atoms with Crippen LogP contribution < -0.4 is 17.4 Å². The summed E-state index contributed by atoms with van der Waals surface area (Å²) < 4.78 is 0. The van der Waals surface area contributed by atoms with Crippen molar-refractivity contribution in [3.63, 3.8) is 0 Å². The van der Waals surface area contributed by atoms with E-state index in [4.69, 9.17) is 11.6 Å². The fraction of sp³-hybridized carbons (Fsp3) is 0.182. The van der Waals surface area contributed by atoms with E-state index in [0.717, 1.165) is 18.0 Å². The second kappa shape index (κ2) is 3.87. The normalized spacial score (nSPS) is 13.7. The molecule has 0 fully saturated rings. The molecule has 0 spiro atoms. The molecular formula is C11H10Cl2N2. The third-order valence-corrected chi connectivity index (χ3v) is 2.90. The summed E-state index contributed by atoms with van der Waals surface area (Å²) in [6.07, 6.45) is 3.10. The van der Waals surface area contributed by atoms with Gasteiger partial charge in [0.05, 0.1) is 0 Å². The van der Waals surface area contributed by atoms with Crippen molar-refractivity contribution in [2.45, 2.75) is 6.42 Å². The summed E-state index contributed by atoms with van der Waals surface area (Å²) in [5.41, 5.74) is 3.73. The van der Waals surface area contributed by atoms with E-state index >= 15 is 0 Å². The monoisotopic (exact) mass is 240 g/mol. The zero-order chi connectivity index (χ0) is 9.54. The number of hydrogen-bond donors (Lipinski definition) is 2. The minimum absolute atomic E-state index is 0. The number of aromatic nitrogens is 1. The lowest BCUT2D eigenvalue weighted by Crippen LogP contribution is -3.00. The van der Waals surface area contributed by atoms with E-state index in [2.05, 4.69) is 9.98 Å². The lowest BCUT2D eigenvalue weighted by Gasteiger charge is -1.99. The Balaban J connectivity index is 0.000000853. The van der Waals surface area contributed by atoms with Gasteiger partial charge >= 0.3 is 0 Å². The molecule has 0 bridgehead atoms. The van der Waals surface area contributed by atoms with Crippen LogP contribution in [0.3, 0.4) is 0 Å².